The summed E-state index contributed by atoms with van der Waals surface area (Å²) in [5.41, 5.74) is 4.33. The molecule has 0 radical (unpaired) electrons. The van der Waals surface area contributed by atoms with Gasteiger partial charge in [-0.2, -0.15) is 15.2 Å². The number of halogens is 4. The molecule has 266 valence electrons. The van der Waals surface area contributed by atoms with Crippen LogP contribution in [0, 0.1) is 28.4 Å². The van der Waals surface area contributed by atoms with Crippen LogP contribution in [0.1, 0.15) is 63.4 Å². The number of amides is 1. The van der Waals surface area contributed by atoms with E-state index in [-0.39, 0.29) is 72.1 Å². The van der Waals surface area contributed by atoms with Gasteiger partial charge in [0.05, 0.1) is 20.8 Å². The maximum absolute atomic E-state index is 17.2. The molecule has 9 rings (SSSR count). The number of carbonyl (C=O) groups is 1. The van der Waals surface area contributed by atoms with Crippen LogP contribution in [0.25, 0.3) is 32.1 Å². The third-order valence-electron chi connectivity index (χ3n) is 11.9. The fourth-order valence-electron chi connectivity index (χ4n) is 9.20. The molecule has 0 bridgehead atoms. The molecule has 5 fully saturated rings. The summed E-state index contributed by atoms with van der Waals surface area (Å²) in [4.78, 5) is 28.6. The third-order valence-corrected chi connectivity index (χ3v) is 13.3. The Morgan fingerprint density at radius 3 is 2.53 bits per heavy atom. The number of nitriles is 1. The predicted molar refractivity (Wildman–Crippen MR) is 191 cm³/mol. The van der Waals surface area contributed by atoms with Crippen molar-refractivity contribution >= 4 is 60.7 Å². The molecule has 9 nitrogen and oxygen atoms in total. The SMILES string of the molecule is N#Cc1c(N)sc2c(F)ccc(-c3c(Cl)cc4c(N5CCCCC6(CN(C(=O)C7(F)CC7)C6)C5)nc(OCC56CCCN5CCC6)nc4c3F)c12. The Kier molecular flexibility index (Phi) is 7.66. The number of hydrogen-bond acceptors (Lipinski definition) is 9. The van der Waals surface area contributed by atoms with Gasteiger partial charge in [0.1, 0.15) is 34.8 Å². The lowest BCUT2D eigenvalue weighted by atomic mass is 9.75. The Hall–Kier alpha value is -3.86. The molecular formula is C37H37ClF3N7O2S. The second kappa shape index (κ2) is 11.8. The molecule has 2 aromatic carbocycles. The minimum absolute atomic E-state index is 0.00222. The maximum atomic E-state index is 17.2. The summed E-state index contributed by atoms with van der Waals surface area (Å²) in [6.07, 6.45) is 7.42. The minimum atomic E-state index is -1.71. The number of nitrogens with zero attached hydrogens (tertiary/aromatic N) is 6. The third kappa shape index (κ3) is 5.23. The summed E-state index contributed by atoms with van der Waals surface area (Å²) >= 11 is 7.87. The Morgan fingerprint density at radius 2 is 1.80 bits per heavy atom. The van der Waals surface area contributed by atoms with Crippen LogP contribution in [-0.4, -0.2) is 82.8 Å². The van der Waals surface area contributed by atoms with E-state index < -0.39 is 23.2 Å². The first-order valence-electron chi connectivity index (χ1n) is 17.8. The summed E-state index contributed by atoms with van der Waals surface area (Å²) in [6.45, 7) is 4.51. The van der Waals surface area contributed by atoms with Crippen molar-refractivity contribution in [2.24, 2.45) is 5.41 Å². The molecule has 1 amide bonds. The van der Waals surface area contributed by atoms with E-state index in [4.69, 9.17) is 27.1 Å². The van der Waals surface area contributed by atoms with Crippen molar-refractivity contribution in [1.29, 1.82) is 5.26 Å². The smallest absolute Gasteiger partial charge is 0.319 e. The van der Waals surface area contributed by atoms with Crippen molar-refractivity contribution in [2.75, 3.05) is 56.5 Å². The van der Waals surface area contributed by atoms with E-state index in [0.29, 0.717) is 44.0 Å². The summed E-state index contributed by atoms with van der Waals surface area (Å²) in [5.74, 6) is -1.24. The number of anilines is 2. The molecule has 4 aromatic rings. The van der Waals surface area contributed by atoms with Gasteiger partial charge in [0.25, 0.3) is 5.91 Å². The molecule has 51 heavy (non-hydrogen) atoms. The summed E-state index contributed by atoms with van der Waals surface area (Å²) in [6, 6.07) is 6.38. The quantitative estimate of drug-likeness (QED) is 0.221. The van der Waals surface area contributed by atoms with Gasteiger partial charge in [0.15, 0.2) is 11.5 Å². The van der Waals surface area contributed by atoms with Crippen molar-refractivity contribution < 1.29 is 22.7 Å². The molecule has 5 aliphatic rings. The maximum Gasteiger partial charge on any atom is 0.319 e. The van der Waals surface area contributed by atoms with E-state index in [9.17, 15) is 18.8 Å². The lowest BCUT2D eigenvalue weighted by Crippen LogP contribution is -2.63. The number of fused-ring (bicyclic) bond motifs is 3. The fraction of sp³-hybridized carbons (Fsp3) is 0.514. The molecule has 0 unspecified atom stereocenters. The van der Waals surface area contributed by atoms with E-state index >= 15 is 4.39 Å². The van der Waals surface area contributed by atoms with Gasteiger partial charge in [0, 0.05) is 47.9 Å². The molecule has 2 aromatic heterocycles. The molecule has 14 heteroatoms. The Labute approximate surface area is 302 Å². The molecule has 4 aliphatic heterocycles. The highest BCUT2D eigenvalue weighted by Crippen LogP contribution is 2.49. The largest absolute Gasteiger partial charge is 0.461 e. The zero-order valence-electron chi connectivity index (χ0n) is 28.0. The number of nitrogens with two attached hydrogens (primary N) is 1. The van der Waals surface area contributed by atoms with Crippen LogP contribution in [0.2, 0.25) is 5.02 Å². The Bertz CT molecular complexity index is 2150. The van der Waals surface area contributed by atoms with Crippen LogP contribution >= 0.6 is 22.9 Å². The van der Waals surface area contributed by atoms with Crippen LogP contribution in [-0.2, 0) is 4.79 Å². The van der Waals surface area contributed by atoms with Gasteiger partial charge in [-0.25, -0.2) is 13.2 Å². The highest BCUT2D eigenvalue weighted by molar-refractivity contribution is 7.23. The summed E-state index contributed by atoms with van der Waals surface area (Å²) < 4.78 is 53.4. The van der Waals surface area contributed by atoms with E-state index in [0.717, 1.165) is 69.4 Å². The monoisotopic (exact) mass is 735 g/mol. The van der Waals surface area contributed by atoms with Crippen LogP contribution in [0.15, 0.2) is 18.2 Å². The number of hydrogen-bond donors (Lipinski definition) is 1. The van der Waals surface area contributed by atoms with Gasteiger partial charge in [-0.05, 0) is 82.2 Å². The lowest BCUT2D eigenvalue weighted by molar-refractivity contribution is -0.150. The van der Waals surface area contributed by atoms with E-state index in [1.54, 1.807) is 11.0 Å². The van der Waals surface area contributed by atoms with Gasteiger partial charge in [-0.3, -0.25) is 9.69 Å². The Balaban J connectivity index is 1.15. The first-order chi connectivity index (χ1) is 24.5. The van der Waals surface area contributed by atoms with Crippen molar-refractivity contribution in [3.05, 3.63) is 40.4 Å². The number of benzene rings is 2. The highest BCUT2D eigenvalue weighted by Gasteiger charge is 2.57. The second-order valence-electron chi connectivity index (χ2n) is 15.2. The standard InChI is InChI=1S/C37H37ClF3N7O2S/c38-24-15-22-29(28(40)27(24)21-5-6-25(39)30-26(21)23(16-42)31(43)51-30)44-34(50-20-36-8-3-13-48(36)14-4-9-36)45-32(22)46-12-2-1-7-35(17-46)18-47(19-35)33(49)37(41)10-11-37/h5-6,15H,1-4,7-14,17-20,43H2. The summed E-state index contributed by atoms with van der Waals surface area (Å²) in [5, 5.41) is 10.7. The van der Waals surface area contributed by atoms with Crippen molar-refractivity contribution in [3.63, 3.8) is 0 Å². The summed E-state index contributed by atoms with van der Waals surface area (Å²) in [7, 11) is 0. The van der Waals surface area contributed by atoms with Crippen molar-refractivity contribution in [2.45, 2.75) is 69.0 Å². The molecule has 2 N–H and O–H groups in total. The van der Waals surface area contributed by atoms with Crippen LogP contribution < -0.4 is 15.4 Å². The number of alkyl halides is 1. The number of thiophene rings is 1. The van der Waals surface area contributed by atoms with Gasteiger partial charge in [0.2, 0.25) is 0 Å². The number of likely N-dealkylation sites (tertiary alicyclic amines) is 1. The van der Waals surface area contributed by atoms with E-state index in [2.05, 4.69) is 20.9 Å². The van der Waals surface area contributed by atoms with Gasteiger partial charge >= 0.3 is 6.01 Å². The fourth-order valence-corrected chi connectivity index (χ4v) is 10.4. The molecule has 0 atom stereocenters. The number of ether oxygens (including phenoxy) is 1. The van der Waals surface area contributed by atoms with Crippen LogP contribution in [0.3, 0.4) is 0 Å². The highest BCUT2D eigenvalue weighted by atomic mass is 35.5. The van der Waals surface area contributed by atoms with Gasteiger partial charge < -0.3 is 20.3 Å². The molecule has 4 saturated heterocycles. The average Bonchev–Trinajstić information content (AvgIpc) is 3.44. The van der Waals surface area contributed by atoms with Crippen LogP contribution in [0.5, 0.6) is 6.01 Å². The first-order valence-corrected chi connectivity index (χ1v) is 19.0. The second-order valence-corrected chi connectivity index (χ2v) is 16.7. The molecule has 6 heterocycles. The predicted octanol–water partition coefficient (Wildman–Crippen LogP) is 7.23. The van der Waals surface area contributed by atoms with E-state index in [1.165, 1.54) is 12.1 Å². The molecule has 1 saturated carbocycles. The van der Waals surface area contributed by atoms with Gasteiger partial charge in [-0.15, -0.1) is 11.3 Å². The molecule has 1 aliphatic carbocycles. The van der Waals surface area contributed by atoms with Crippen molar-refractivity contribution in [1.82, 2.24) is 19.8 Å². The van der Waals surface area contributed by atoms with E-state index in [1.807, 2.05) is 0 Å². The zero-order chi connectivity index (χ0) is 35.3. The molecular weight excluding hydrogens is 699 g/mol. The molecule has 1 spiro atoms. The number of aromatic nitrogens is 2. The first kappa shape index (κ1) is 33.0. The minimum Gasteiger partial charge on any atom is -0.461 e. The average molecular weight is 736 g/mol. The van der Waals surface area contributed by atoms with Crippen molar-refractivity contribution in [3.8, 4) is 23.2 Å². The number of nitrogen functional groups attached to an aromatic ring is 1. The van der Waals surface area contributed by atoms with Crippen LogP contribution in [0.4, 0.5) is 24.0 Å². The number of carbonyl (C=O) groups excluding carboxylic acids is 1. The number of rotatable bonds is 6. The zero-order valence-corrected chi connectivity index (χ0v) is 29.6. The lowest BCUT2D eigenvalue weighted by Gasteiger charge is -2.52. The van der Waals surface area contributed by atoms with Gasteiger partial charge in [-0.1, -0.05) is 24.1 Å². The Morgan fingerprint density at radius 1 is 1.04 bits per heavy atom. The normalized spacial score (nSPS) is 21.9. The topological polar surface area (TPSA) is 112 Å².